The predicted octanol–water partition coefficient (Wildman–Crippen LogP) is 3.58. The van der Waals surface area contributed by atoms with Crippen molar-refractivity contribution in [1.29, 1.82) is 0 Å². The topological polar surface area (TPSA) is 58.2 Å². The quantitative estimate of drug-likeness (QED) is 0.794. The van der Waals surface area contributed by atoms with Crippen LogP contribution in [-0.4, -0.2) is 18.4 Å². The van der Waals surface area contributed by atoms with Gasteiger partial charge in [0, 0.05) is 24.9 Å². The molecule has 2 N–H and O–H groups in total. The van der Waals surface area contributed by atoms with Crippen LogP contribution in [-0.2, 0) is 16.1 Å². The minimum absolute atomic E-state index is 0.0464. The average molecular weight is 344 g/mol. The third kappa shape index (κ3) is 6.52. The standard InChI is InChI=1S/C21H32N2O2/c1-15(2)12-13-22-20(24)18-8-10-19(11-9-18)21(25)23-14-17-6-4-16(3)5-7-17/h4-7,15,18-19H,8-14H2,1-3H3,(H,22,24)(H,23,25). The summed E-state index contributed by atoms with van der Waals surface area (Å²) in [5, 5.41) is 6.08. The van der Waals surface area contributed by atoms with E-state index >= 15 is 0 Å². The molecule has 1 fully saturated rings. The first-order valence-corrected chi connectivity index (χ1v) is 9.56. The number of benzene rings is 1. The largest absolute Gasteiger partial charge is 0.356 e. The Labute approximate surface area is 151 Å². The predicted molar refractivity (Wildman–Crippen MR) is 101 cm³/mol. The van der Waals surface area contributed by atoms with E-state index < -0.39 is 0 Å². The smallest absolute Gasteiger partial charge is 0.223 e. The molecule has 0 radical (unpaired) electrons. The number of rotatable bonds is 7. The first-order valence-electron chi connectivity index (χ1n) is 9.56. The molecule has 25 heavy (non-hydrogen) atoms. The second-order valence-electron chi connectivity index (χ2n) is 7.73. The van der Waals surface area contributed by atoms with E-state index in [2.05, 4.69) is 43.5 Å². The lowest BCUT2D eigenvalue weighted by molar-refractivity contribution is -0.130. The lowest BCUT2D eigenvalue weighted by Crippen LogP contribution is -2.37. The van der Waals surface area contributed by atoms with E-state index in [4.69, 9.17) is 0 Å². The van der Waals surface area contributed by atoms with Crippen LogP contribution < -0.4 is 10.6 Å². The summed E-state index contributed by atoms with van der Waals surface area (Å²) in [4.78, 5) is 24.5. The number of nitrogens with one attached hydrogen (secondary N) is 2. The van der Waals surface area contributed by atoms with Crippen LogP contribution >= 0.6 is 0 Å². The molecule has 2 amide bonds. The summed E-state index contributed by atoms with van der Waals surface area (Å²) in [6, 6.07) is 8.22. The van der Waals surface area contributed by atoms with E-state index in [0.29, 0.717) is 12.5 Å². The van der Waals surface area contributed by atoms with E-state index in [1.165, 1.54) is 5.56 Å². The molecule has 1 aliphatic carbocycles. The van der Waals surface area contributed by atoms with Crippen molar-refractivity contribution in [2.24, 2.45) is 17.8 Å². The van der Waals surface area contributed by atoms with Crippen LogP contribution in [0.1, 0.15) is 57.1 Å². The van der Waals surface area contributed by atoms with Gasteiger partial charge in [0.05, 0.1) is 0 Å². The summed E-state index contributed by atoms with van der Waals surface area (Å²) < 4.78 is 0. The molecule has 0 heterocycles. The van der Waals surface area contributed by atoms with Crippen molar-refractivity contribution in [3.63, 3.8) is 0 Å². The minimum Gasteiger partial charge on any atom is -0.356 e. The zero-order chi connectivity index (χ0) is 18.2. The second-order valence-corrected chi connectivity index (χ2v) is 7.73. The fourth-order valence-electron chi connectivity index (χ4n) is 3.29. The Kier molecular flexibility index (Phi) is 7.48. The zero-order valence-corrected chi connectivity index (χ0v) is 15.8. The molecule has 0 unspecified atom stereocenters. The van der Waals surface area contributed by atoms with Gasteiger partial charge in [-0.3, -0.25) is 9.59 Å². The van der Waals surface area contributed by atoms with Crippen LogP contribution in [0.2, 0.25) is 0 Å². The molecule has 4 heteroatoms. The minimum atomic E-state index is 0.0464. The van der Waals surface area contributed by atoms with E-state index in [1.54, 1.807) is 0 Å². The average Bonchev–Trinajstić information content (AvgIpc) is 2.60. The molecule has 138 valence electrons. The van der Waals surface area contributed by atoms with Gasteiger partial charge in [-0.25, -0.2) is 0 Å². The molecule has 4 nitrogen and oxygen atoms in total. The molecule has 1 aliphatic rings. The van der Waals surface area contributed by atoms with Gasteiger partial charge in [-0.1, -0.05) is 43.7 Å². The van der Waals surface area contributed by atoms with Gasteiger partial charge >= 0.3 is 0 Å². The third-order valence-electron chi connectivity index (χ3n) is 5.08. The van der Waals surface area contributed by atoms with Crippen LogP contribution in [0.4, 0.5) is 0 Å². The SMILES string of the molecule is Cc1ccc(CNC(=O)C2CCC(C(=O)NCCC(C)C)CC2)cc1. The van der Waals surface area contributed by atoms with Crippen molar-refractivity contribution in [2.45, 2.75) is 59.4 Å². The first kappa shape index (κ1) is 19.5. The number of aryl methyl sites for hydroxylation is 1. The number of carbonyl (C=O) groups excluding carboxylic acids is 2. The molecule has 0 spiro atoms. The summed E-state index contributed by atoms with van der Waals surface area (Å²) in [7, 11) is 0. The number of amides is 2. The zero-order valence-electron chi connectivity index (χ0n) is 15.8. The van der Waals surface area contributed by atoms with E-state index in [1.807, 2.05) is 12.1 Å². The van der Waals surface area contributed by atoms with Gasteiger partial charge < -0.3 is 10.6 Å². The van der Waals surface area contributed by atoms with Crippen molar-refractivity contribution < 1.29 is 9.59 Å². The summed E-state index contributed by atoms with van der Waals surface area (Å²) in [6.45, 7) is 7.71. The molecular formula is C21H32N2O2. The Morgan fingerprint density at radius 3 is 2.00 bits per heavy atom. The van der Waals surface area contributed by atoms with Gasteiger partial charge in [0.2, 0.25) is 11.8 Å². The highest BCUT2D eigenvalue weighted by Gasteiger charge is 2.29. The Morgan fingerprint density at radius 2 is 1.48 bits per heavy atom. The van der Waals surface area contributed by atoms with Gasteiger partial charge in [0.25, 0.3) is 0 Å². The first-order chi connectivity index (χ1) is 12.0. The van der Waals surface area contributed by atoms with Crippen LogP contribution in [0.15, 0.2) is 24.3 Å². The Bertz CT molecular complexity index is 558. The highest BCUT2D eigenvalue weighted by Crippen LogP contribution is 2.29. The molecule has 1 aromatic carbocycles. The highest BCUT2D eigenvalue weighted by atomic mass is 16.2. The third-order valence-corrected chi connectivity index (χ3v) is 5.08. The molecular weight excluding hydrogens is 312 g/mol. The fraction of sp³-hybridized carbons (Fsp3) is 0.619. The van der Waals surface area contributed by atoms with E-state index in [9.17, 15) is 9.59 Å². The van der Waals surface area contributed by atoms with Gasteiger partial charge in [-0.05, 0) is 50.5 Å². The van der Waals surface area contributed by atoms with Crippen molar-refractivity contribution in [3.8, 4) is 0 Å². The maximum Gasteiger partial charge on any atom is 0.223 e. The van der Waals surface area contributed by atoms with Crippen LogP contribution in [0.3, 0.4) is 0 Å². The van der Waals surface area contributed by atoms with Gasteiger partial charge in [0.1, 0.15) is 0 Å². The number of hydrogen-bond donors (Lipinski definition) is 2. The van der Waals surface area contributed by atoms with Gasteiger partial charge in [0.15, 0.2) is 0 Å². The summed E-state index contributed by atoms with van der Waals surface area (Å²) in [5.74, 6) is 1.02. The molecule has 0 aromatic heterocycles. The number of hydrogen-bond acceptors (Lipinski definition) is 2. The van der Waals surface area contributed by atoms with E-state index in [0.717, 1.165) is 44.2 Å². The molecule has 2 rings (SSSR count). The summed E-state index contributed by atoms with van der Waals surface area (Å²) >= 11 is 0. The highest BCUT2D eigenvalue weighted by molar-refractivity contribution is 5.81. The lowest BCUT2D eigenvalue weighted by atomic mass is 9.81. The molecule has 0 saturated heterocycles. The van der Waals surface area contributed by atoms with Crippen molar-refractivity contribution in [2.75, 3.05) is 6.54 Å². The fourth-order valence-corrected chi connectivity index (χ4v) is 3.29. The monoisotopic (exact) mass is 344 g/mol. The number of carbonyl (C=O) groups is 2. The van der Waals surface area contributed by atoms with Crippen LogP contribution in [0.25, 0.3) is 0 Å². The van der Waals surface area contributed by atoms with Crippen LogP contribution in [0.5, 0.6) is 0 Å². The molecule has 0 bridgehead atoms. The molecule has 0 aliphatic heterocycles. The normalized spacial score (nSPS) is 20.3. The Hall–Kier alpha value is -1.84. The summed E-state index contributed by atoms with van der Waals surface area (Å²) in [5.41, 5.74) is 2.34. The Morgan fingerprint density at radius 1 is 0.960 bits per heavy atom. The maximum absolute atomic E-state index is 12.4. The lowest BCUT2D eigenvalue weighted by Gasteiger charge is -2.27. The molecule has 0 atom stereocenters. The van der Waals surface area contributed by atoms with Crippen molar-refractivity contribution >= 4 is 11.8 Å². The van der Waals surface area contributed by atoms with Gasteiger partial charge in [-0.2, -0.15) is 0 Å². The molecule has 1 saturated carbocycles. The maximum atomic E-state index is 12.4. The van der Waals surface area contributed by atoms with E-state index in [-0.39, 0.29) is 23.7 Å². The summed E-state index contributed by atoms with van der Waals surface area (Å²) in [6.07, 6.45) is 4.26. The molecule has 1 aromatic rings. The second kappa shape index (κ2) is 9.59. The van der Waals surface area contributed by atoms with Gasteiger partial charge in [-0.15, -0.1) is 0 Å². The van der Waals surface area contributed by atoms with Crippen molar-refractivity contribution in [1.82, 2.24) is 10.6 Å². The Balaban J connectivity index is 1.69. The van der Waals surface area contributed by atoms with Crippen molar-refractivity contribution in [3.05, 3.63) is 35.4 Å². The van der Waals surface area contributed by atoms with Crippen LogP contribution in [0, 0.1) is 24.7 Å².